The molecule has 5 heteroatoms. The average molecular weight is 310 g/mol. The Kier molecular flexibility index (Phi) is 5.74. The number of guanidine groups is 1. The van der Waals surface area contributed by atoms with Crippen molar-refractivity contribution >= 4 is 17.6 Å². The molecule has 0 atom stereocenters. The van der Waals surface area contributed by atoms with Crippen LogP contribution in [0.4, 0.5) is 5.69 Å². The van der Waals surface area contributed by atoms with E-state index in [9.17, 15) is 4.79 Å². The number of benzene rings is 2. The molecule has 0 heterocycles. The Bertz CT molecular complexity index is 710. The molecule has 0 aliphatic carbocycles. The Hall–Kier alpha value is -2.82. The van der Waals surface area contributed by atoms with Crippen molar-refractivity contribution in [3.8, 4) is 0 Å². The first-order valence-corrected chi connectivity index (χ1v) is 7.59. The molecule has 0 bridgehead atoms. The van der Waals surface area contributed by atoms with Crippen LogP contribution in [0.15, 0.2) is 53.5 Å². The molecular weight excluding hydrogens is 288 g/mol. The van der Waals surface area contributed by atoms with Crippen LogP contribution in [-0.4, -0.2) is 18.4 Å². The van der Waals surface area contributed by atoms with Crippen LogP contribution in [-0.2, 0) is 6.54 Å². The third kappa shape index (κ3) is 5.14. The van der Waals surface area contributed by atoms with E-state index in [0.29, 0.717) is 24.6 Å². The lowest BCUT2D eigenvalue weighted by Gasteiger charge is -2.07. The number of aryl methyl sites for hydroxylation is 1. The molecule has 23 heavy (non-hydrogen) atoms. The second-order valence-electron chi connectivity index (χ2n) is 5.26. The molecule has 0 unspecified atom stereocenters. The predicted molar refractivity (Wildman–Crippen MR) is 94.6 cm³/mol. The summed E-state index contributed by atoms with van der Waals surface area (Å²) in [5.74, 6) is 0.267. The molecule has 5 nitrogen and oxygen atoms in total. The predicted octanol–water partition coefficient (Wildman–Crippen LogP) is 2.67. The Morgan fingerprint density at radius 2 is 1.96 bits per heavy atom. The molecule has 0 spiro atoms. The number of anilines is 1. The Balaban J connectivity index is 2.01. The molecule has 1 amide bonds. The van der Waals surface area contributed by atoms with Gasteiger partial charge < -0.3 is 16.4 Å². The maximum atomic E-state index is 11.8. The number of nitrogens with two attached hydrogens (primary N) is 1. The number of hydrogen-bond donors (Lipinski definition) is 3. The highest BCUT2D eigenvalue weighted by Gasteiger charge is 2.04. The number of carbonyl (C=O) groups is 1. The SMILES string of the molecule is CCNC(=O)c1cccc(CN=C(N)Nc2cccc(C)c2)c1. The molecule has 0 radical (unpaired) electrons. The summed E-state index contributed by atoms with van der Waals surface area (Å²) in [5, 5.41) is 5.84. The van der Waals surface area contributed by atoms with Crippen molar-refractivity contribution in [2.45, 2.75) is 20.4 Å². The van der Waals surface area contributed by atoms with Crippen LogP contribution in [0.25, 0.3) is 0 Å². The summed E-state index contributed by atoms with van der Waals surface area (Å²) < 4.78 is 0. The van der Waals surface area contributed by atoms with E-state index >= 15 is 0 Å². The maximum Gasteiger partial charge on any atom is 0.251 e. The lowest BCUT2D eigenvalue weighted by atomic mass is 10.1. The van der Waals surface area contributed by atoms with Gasteiger partial charge in [0.05, 0.1) is 6.54 Å². The van der Waals surface area contributed by atoms with Gasteiger partial charge in [0.25, 0.3) is 5.91 Å². The maximum absolute atomic E-state index is 11.8. The first-order chi connectivity index (χ1) is 11.1. The quantitative estimate of drug-likeness (QED) is 0.587. The van der Waals surface area contributed by atoms with Crippen molar-refractivity contribution < 1.29 is 4.79 Å². The van der Waals surface area contributed by atoms with Gasteiger partial charge in [-0.2, -0.15) is 0 Å². The number of aliphatic imine (C=N–C) groups is 1. The average Bonchev–Trinajstić information content (AvgIpc) is 2.53. The lowest BCUT2D eigenvalue weighted by Crippen LogP contribution is -2.23. The minimum absolute atomic E-state index is 0.0795. The zero-order valence-corrected chi connectivity index (χ0v) is 13.5. The summed E-state index contributed by atoms with van der Waals surface area (Å²) in [6, 6.07) is 15.3. The fourth-order valence-corrected chi connectivity index (χ4v) is 2.16. The van der Waals surface area contributed by atoms with E-state index in [-0.39, 0.29) is 5.91 Å². The molecule has 0 saturated heterocycles. The summed E-state index contributed by atoms with van der Waals surface area (Å²) in [5.41, 5.74) is 9.53. The third-order valence-corrected chi connectivity index (χ3v) is 3.25. The van der Waals surface area contributed by atoms with Crippen LogP contribution in [0.2, 0.25) is 0 Å². The Morgan fingerprint density at radius 1 is 1.17 bits per heavy atom. The molecule has 2 aromatic rings. The summed E-state index contributed by atoms with van der Waals surface area (Å²) in [7, 11) is 0. The Morgan fingerprint density at radius 3 is 2.70 bits per heavy atom. The van der Waals surface area contributed by atoms with E-state index in [1.807, 2.05) is 56.3 Å². The van der Waals surface area contributed by atoms with E-state index in [0.717, 1.165) is 16.8 Å². The zero-order valence-electron chi connectivity index (χ0n) is 13.5. The monoisotopic (exact) mass is 310 g/mol. The number of hydrogen-bond acceptors (Lipinski definition) is 2. The molecule has 0 aromatic heterocycles. The van der Waals surface area contributed by atoms with Crippen LogP contribution < -0.4 is 16.4 Å². The van der Waals surface area contributed by atoms with Gasteiger partial charge in [0, 0.05) is 17.8 Å². The van der Waals surface area contributed by atoms with E-state index in [1.165, 1.54) is 0 Å². The molecule has 2 rings (SSSR count). The van der Waals surface area contributed by atoms with E-state index in [2.05, 4.69) is 15.6 Å². The summed E-state index contributed by atoms with van der Waals surface area (Å²) in [6.07, 6.45) is 0. The van der Waals surface area contributed by atoms with Crippen LogP contribution in [0.5, 0.6) is 0 Å². The van der Waals surface area contributed by atoms with Crippen molar-refractivity contribution in [3.05, 3.63) is 65.2 Å². The van der Waals surface area contributed by atoms with Crippen LogP contribution in [0, 0.1) is 6.92 Å². The van der Waals surface area contributed by atoms with Gasteiger partial charge in [0.15, 0.2) is 5.96 Å². The topological polar surface area (TPSA) is 79.5 Å². The first-order valence-electron chi connectivity index (χ1n) is 7.59. The fraction of sp³-hybridized carbons (Fsp3) is 0.222. The molecule has 4 N–H and O–H groups in total. The zero-order chi connectivity index (χ0) is 16.7. The van der Waals surface area contributed by atoms with Crippen LogP contribution in [0.3, 0.4) is 0 Å². The molecule has 0 fully saturated rings. The van der Waals surface area contributed by atoms with Gasteiger partial charge in [-0.1, -0.05) is 24.3 Å². The van der Waals surface area contributed by atoms with Crippen molar-refractivity contribution in [1.29, 1.82) is 0 Å². The summed E-state index contributed by atoms with van der Waals surface area (Å²) >= 11 is 0. The number of nitrogens with one attached hydrogen (secondary N) is 2. The number of amides is 1. The largest absolute Gasteiger partial charge is 0.370 e. The molecule has 0 saturated carbocycles. The third-order valence-electron chi connectivity index (χ3n) is 3.25. The van der Waals surface area contributed by atoms with Crippen LogP contribution in [0.1, 0.15) is 28.4 Å². The number of carbonyl (C=O) groups excluding carboxylic acids is 1. The van der Waals surface area contributed by atoms with E-state index in [1.54, 1.807) is 6.07 Å². The lowest BCUT2D eigenvalue weighted by molar-refractivity contribution is 0.0955. The van der Waals surface area contributed by atoms with Crippen molar-refractivity contribution in [3.63, 3.8) is 0 Å². The second kappa shape index (κ2) is 7.98. The highest BCUT2D eigenvalue weighted by Crippen LogP contribution is 2.10. The van der Waals surface area contributed by atoms with Gasteiger partial charge in [-0.05, 0) is 49.2 Å². The number of nitrogens with zero attached hydrogens (tertiary/aromatic N) is 1. The molecule has 0 aliphatic heterocycles. The van der Waals surface area contributed by atoms with Gasteiger partial charge in [-0.25, -0.2) is 4.99 Å². The molecule has 2 aromatic carbocycles. The van der Waals surface area contributed by atoms with E-state index in [4.69, 9.17) is 5.73 Å². The Labute approximate surface area is 136 Å². The first kappa shape index (κ1) is 16.5. The van der Waals surface area contributed by atoms with Gasteiger partial charge in [0.2, 0.25) is 0 Å². The van der Waals surface area contributed by atoms with Gasteiger partial charge in [-0.3, -0.25) is 4.79 Å². The number of rotatable bonds is 5. The van der Waals surface area contributed by atoms with Crippen LogP contribution >= 0.6 is 0 Å². The van der Waals surface area contributed by atoms with Crippen molar-refractivity contribution in [1.82, 2.24) is 5.32 Å². The van der Waals surface area contributed by atoms with Crippen molar-refractivity contribution in [2.24, 2.45) is 10.7 Å². The highest BCUT2D eigenvalue weighted by atomic mass is 16.1. The fourth-order valence-electron chi connectivity index (χ4n) is 2.16. The summed E-state index contributed by atoms with van der Waals surface area (Å²) in [4.78, 5) is 16.1. The normalized spacial score (nSPS) is 11.1. The molecular formula is C18H22N4O. The smallest absolute Gasteiger partial charge is 0.251 e. The van der Waals surface area contributed by atoms with E-state index < -0.39 is 0 Å². The minimum Gasteiger partial charge on any atom is -0.370 e. The van der Waals surface area contributed by atoms with Gasteiger partial charge in [-0.15, -0.1) is 0 Å². The van der Waals surface area contributed by atoms with Crippen molar-refractivity contribution in [2.75, 3.05) is 11.9 Å². The molecule has 120 valence electrons. The standard InChI is InChI=1S/C18H22N4O/c1-3-20-17(23)15-8-5-7-14(11-15)12-21-18(19)22-16-9-4-6-13(2)10-16/h4-11H,3,12H2,1-2H3,(H,20,23)(H3,19,21,22). The highest BCUT2D eigenvalue weighted by molar-refractivity contribution is 5.94. The van der Waals surface area contributed by atoms with Gasteiger partial charge >= 0.3 is 0 Å². The minimum atomic E-state index is -0.0795. The van der Waals surface area contributed by atoms with Gasteiger partial charge in [0.1, 0.15) is 0 Å². The second-order valence-corrected chi connectivity index (χ2v) is 5.26. The molecule has 0 aliphatic rings. The summed E-state index contributed by atoms with van der Waals surface area (Å²) in [6.45, 7) is 4.93.